The molecule has 2 aliphatic rings. The molecule has 0 bridgehead atoms. The maximum atomic E-state index is 13.2. The van der Waals surface area contributed by atoms with Crippen molar-refractivity contribution >= 4 is 28.4 Å². The average Bonchev–Trinajstić information content (AvgIpc) is 3.36. The quantitative estimate of drug-likeness (QED) is 0.313. The predicted molar refractivity (Wildman–Crippen MR) is 122 cm³/mol. The van der Waals surface area contributed by atoms with E-state index in [9.17, 15) is 9.59 Å². The second kappa shape index (κ2) is 8.28. The number of hydrogen-bond acceptors (Lipinski definition) is 5. The topological polar surface area (TPSA) is 66.1 Å². The molecule has 2 fully saturated rings. The van der Waals surface area contributed by atoms with Crippen LogP contribution in [0.15, 0.2) is 40.3 Å². The van der Waals surface area contributed by atoms with E-state index in [1.807, 2.05) is 37.3 Å². The molecule has 1 aliphatic carbocycles. The van der Waals surface area contributed by atoms with E-state index in [-0.39, 0.29) is 23.2 Å². The van der Waals surface area contributed by atoms with Gasteiger partial charge in [0.2, 0.25) is 0 Å². The van der Waals surface area contributed by atoms with Gasteiger partial charge in [-0.1, -0.05) is 23.9 Å². The van der Waals surface area contributed by atoms with Crippen molar-refractivity contribution in [2.75, 3.05) is 12.4 Å². The van der Waals surface area contributed by atoms with Crippen molar-refractivity contribution in [1.29, 1.82) is 0 Å². The minimum Gasteiger partial charge on any atom is -0.376 e. The van der Waals surface area contributed by atoms with E-state index in [1.54, 1.807) is 4.57 Å². The lowest BCUT2D eigenvalue weighted by Crippen LogP contribution is -2.29. The van der Waals surface area contributed by atoms with Crippen LogP contribution >= 0.6 is 11.8 Å². The van der Waals surface area contributed by atoms with E-state index >= 15 is 0 Å². The fraction of sp³-hybridized carbons (Fsp3) is 0.458. The first kappa shape index (κ1) is 20.5. The number of rotatable bonds is 7. The molecule has 0 spiro atoms. The molecule has 1 saturated carbocycles. The third kappa shape index (κ3) is 3.96. The lowest BCUT2D eigenvalue weighted by Gasteiger charge is -2.16. The number of ketones is 1. The van der Waals surface area contributed by atoms with Crippen LogP contribution in [-0.4, -0.2) is 38.4 Å². The number of hydrogen-bond donors (Lipinski definition) is 0. The Bertz CT molecular complexity index is 1200. The Morgan fingerprint density at radius 1 is 1.23 bits per heavy atom. The minimum atomic E-state index is -0.0667. The van der Waals surface area contributed by atoms with Gasteiger partial charge in [0.15, 0.2) is 10.9 Å². The molecule has 1 aromatic carbocycles. The molecule has 3 heterocycles. The Kier molecular flexibility index (Phi) is 5.48. The summed E-state index contributed by atoms with van der Waals surface area (Å²) in [5.41, 5.74) is 3.58. The number of nitrogens with zero attached hydrogens (tertiary/aromatic N) is 3. The summed E-state index contributed by atoms with van der Waals surface area (Å²) in [5.74, 6) is 0.335. The summed E-state index contributed by atoms with van der Waals surface area (Å²) >= 11 is 1.35. The van der Waals surface area contributed by atoms with Crippen molar-refractivity contribution in [3.63, 3.8) is 0 Å². The molecule has 2 aromatic heterocycles. The van der Waals surface area contributed by atoms with Crippen LogP contribution in [0.25, 0.3) is 10.9 Å². The minimum absolute atomic E-state index is 0.0215. The highest BCUT2D eigenvalue weighted by Crippen LogP contribution is 2.38. The monoisotopic (exact) mass is 437 g/mol. The standard InChI is InChI=1S/C24H27N3O3S/c1-15-12-20(16(2)27(15)17-9-10-17)22(28)14-31-24-25-21-8-4-3-7-19(21)23(29)26(24)13-18-6-5-11-30-18/h3-4,7-8,12,17-18H,5-6,9-11,13-14H2,1-2H3. The fourth-order valence-electron chi connectivity index (χ4n) is 4.57. The fourth-order valence-corrected chi connectivity index (χ4v) is 5.46. The zero-order chi connectivity index (χ0) is 21.5. The van der Waals surface area contributed by atoms with E-state index in [4.69, 9.17) is 9.72 Å². The van der Waals surface area contributed by atoms with Gasteiger partial charge in [0.05, 0.1) is 29.3 Å². The molecular weight excluding hydrogens is 410 g/mol. The third-order valence-corrected chi connectivity index (χ3v) is 7.24. The second-order valence-electron chi connectivity index (χ2n) is 8.56. The Morgan fingerprint density at radius 3 is 2.77 bits per heavy atom. The highest BCUT2D eigenvalue weighted by Gasteiger charge is 2.28. The van der Waals surface area contributed by atoms with E-state index in [2.05, 4.69) is 11.5 Å². The summed E-state index contributed by atoms with van der Waals surface area (Å²) in [5, 5.41) is 1.19. The number of aryl methyl sites for hydroxylation is 1. The van der Waals surface area contributed by atoms with Crippen molar-refractivity contribution < 1.29 is 9.53 Å². The number of fused-ring (bicyclic) bond motifs is 1. The summed E-state index contributed by atoms with van der Waals surface area (Å²) in [6.07, 6.45) is 4.35. The predicted octanol–water partition coefficient (Wildman–Crippen LogP) is 4.30. The first-order chi connectivity index (χ1) is 15.0. The zero-order valence-electron chi connectivity index (χ0n) is 18.0. The van der Waals surface area contributed by atoms with Gasteiger partial charge >= 0.3 is 0 Å². The van der Waals surface area contributed by atoms with Crippen LogP contribution in [-0.2, 0) is 11.3 Å². The van der Waals surface area contributed by atoms with Crippen LogP contribution < -0.4 is 5.56 Å². The molecule has 3 aromatic rings. The summed E-state index contributed by atoms with van der Waals surface area (Å²) in [4.78, 5) is 31.0. The van der Waals surface area contributed by atoms with E-state index in [1.165, 1.54) is 24.6 Å². The largest absolute Gasteiger partial charge is 0.376 e. The Labute approximate surface area is 185 Å². The van der Waals surface area contributed by atoms with Crippen LogP contribution in [0.3, 0.4) is 0 Å². The SMILES string of the molecule is Cc1cc(C(=O)CSc2nc3ccccc3c(=O)n2CC2CCCO2)c(C)n1C1CC1. The number of ether oxygens (including phenoxy) is 1. The molecule has 1 atom stereocenters. The molecule has 6 nitrogen and oxygen atoms in total. The van der Waals surface area contributed by atoms with Crippen molar-refractivity contribution in [3.8, 4) is 0 Å². The summed E-state index contributed by atoms with van der Waals surface area (Å²) in [7, 11) is 0. The average molecular weight is 438 g/mol. The number of aromatic nitrogens is 3. The summed E-state index contributed by atoms with van der Waals surface area (Å²) in [6.45, 7) is 5.31. The van der Waals surface area contributed by atoms with Crippen LogP contribution in [0.5, 0.6) is 0 Å². The van der Waals surface area contributed by atoms with Crippen molar-refractivity contribution in [2.45, 2.75) is 63.4 Å². The number of benzene rings is 1. The van der Waals surface area contributed by atoms with Gasteiger partial charge in [-0.15, -0.1) is 0 Å². The van der Waals surface area contributed by atoms with Gasteiger partial charge in [0, 0.05) is 29.6 Å². The maximum absolute atomic E-state index is 13.2. The molecule has 5 rings (SSSR count). The van der Waals surface area contributed by atoms with Crippen LogP contribution in [0.4, 0.5) is 0 Å². The van der Waals surface area contributed by atoms with Gasteiger partial charge in [-0.2, -0.15) is 0 Å². The normalized spacial score (nSPS) is 18.7. The maximum Gasteiger partial charge on any atom is 0.262 e. The Balaban J connectivity index is 1.43. The highest BCUT2D eigenvalue weighted by atomic mass is 32.2. The Morgan fingerprint density at radius 2 is 2.03 bits per heavy atom. The highest BCUT2D eigenvalue weighted by molar-refractivity contribution is 7.99. The molecule has 0 radical (unpaired) electrons. The van der Waals surface area contributed by atoms with Gasteiger partial charge in [0.25, 0.3) is 5.56 Å². The van der Waals surface area contributed by atoms with Crippen molar-refractivity contribution in [1.82, 2.24) is 14.1 Å². The van der Waals surface area contributed by atoms with Crippen LogP contribution in [0, 0.1) is 13.8 Å². The van der Waals surface area contributed by atoms with Crippen molar-refractivity contribution in [3.05, 3.63) is 57.6 Å². The molecule has 1 aliphatic heterocycles. The lowest BCUT2D eigenvalue weighted by atomic mass is 10.2. The summed E-state index contributed by atoms with van der Waals surface area (Å²) in [6, 6.07) is 9.95. The van der Waals surface area contributed by atoms with Gasteiger partial charge < -0.3 is 9.30 Å². The van der Waals surface area contributed by atoms with Gasteiger partial charge in [0.1, 0.15) is 0 Å². The number of thioether (sulfide) groups is 1. The number of Topliss-reactive ketones (excluding diaryl/α,β-unsaturated/α-hetero) is 1. The smallest absolute Gasteiger partial charge is 0.262 e. The first-order valence-corrected chi connectivity index (χ1v) is 12.0. The van der Waals surface area contributed by atoms with E-state index in [0.717, 1.165) is 36.4 Å². The van der Waals surface area contributed by atoms with Gasteiger partial charge in [-0.25, -0.2) is 4.98 Å². The summed E-state index contributed by atoms with van der Waals surface area (Å²) < 4.78 is 9.76. The molecule has 0 N–H and O–H groups in total. The molecule has 1 saturated heterocycles. The third-order valence-electron chi connectivity index (χ3n) is 6.27. The van der Waals surface area contributed by atoms with Crippen molar-refractivity contribution in [2.24, 2.45) is 0 Å². The number of carbonyl (C=O) groups excluding carboxylic acids is 1. The molecule has 7 heteroatoms. The molecule has 162 valence electrons. The van der Waals surface area contributed by atoms with E-state index < -0.39 is 0 Å². The molecule has 1 unspecified atom stereocenters. The number of para-hydroxylation sites is 1. The van der Waals surface area contributed by atoms with Gasteiger partial charge in [-0.05, 0) is 57.7 Å². The van der Waals surface area contributed by atoms with Crippen LogP contribution in [0.2, 0.25) is 0 Å². The van der Waals surface area contributed by atoms with Crippen LogP contribution in [0.1, 0.15) is 53.5 Å². The second-order valence-corrected chi connectivity index (χ2v) is 9.50. The zero-order valence-corrected chi connectivity index (χ0v) is 18.8. The first-order valence-electron chi connectivity index (χ1n) is 11.0. The van der Waals surface area contributed by atoms with Gasteiger partial charge in [-0.3, -0.25) is 14.2 Å². The van der Waals surface area contributed by atoms with E-state index in [0.29, 0.717) is 28.6 Å². The molecule has 31 heavy (non-hydrogen) atoms. The molecular formula is C24H27N3O3S. The Hall–Kier alpha value is -2.38. The number of carbonyl (C=O) groups is 1. The lowest BCUT2D eigenvalue weighted by molar-refractivity contribution is 0.0937. The molecule has 0 amide bonds.